The Morgan fingerprint density at radius 2 is 1.37 bits per heavy atom. The van der Waals surface area contributed by atoms with Crippen LogP contribution in [0.3, 0.4) is 0 Å². The second-order valence-corrected chi connectivity index (χ2v) is 9.98. The van der Waals surface area contributed by atoms with Crippen LogP contribution in [-0.2, 0) is 41.6 Å². The van der Waals surface area contributed by atoms with Gasteiger partial charge in [-0.25, -0.2) is 4.79 Å². The highest BCUT2D eigenvalue weighted by atomic mass is 16.4. The molecule has 1 aromatic heterocycles. The molecule has 4 atom stereocenters. The molecule has 1 heterocycles. The summed E-state index contributed by atoms with van der Waals surface area (Å²) in [5, 5.41) is 26.7. The molecule has 3 aromatic rings. The first kappa shape index (κ1) is 32.3. The van der Waals surface area contributed by atoms with Crippen LogP contribution in [0.1, 0.15) is 30.4 Å². The number of amides is 4. The zero-order chi connectivity index (χ0) is 31.5. The SMILES string of the molecule is NC(=O)CCC(NC(=O)C(CC(=O)O)NC(=O)C(Cc1c[nH]c2ccccc12)NC(=O)C(N)Cc1ccccc1)C(=O)O. The molecule has 0 saturated carbocycles. The lowest BCUT2D eigenvalue weighted by molar-refractivity contribution is -0.143. The molecule has 0 saturated heterocycles. The number of H-pyrrole nitrogens is 1. The summed E-state index contributed by atoms with van der Waals surface area (Å²) < 4.78 is 0. The van der Waals surface area contributed by atoms with Gasteiger partial charge in [0.15, 0.2) is 0 Å². The van der Waals surface area contributed by atoms with Crippen molar-refractivity contribution in [1.82, 2.24) is 20.9 Å². The van der Waals surface area contributed by atoms with Gasteiger partial charge in [0.25, 0.3) is 0 Å². The summed E-state index contributed by atoms with van der Waals surface area (Å²) in [5.41, 5.74) is 13.4. The van der Waals surface area contributed by atoms with Crippen LogP contribution in [0.5, 0.6) is 0 Å². The normalized spacial score (nSPS) is 13.7. The fourth-order valence-electron chi connectivity index (χ4n) is 4.44. The molecular weight excluding hydrogens is 560 g/mol. The maximum absolute atomic E-state index is 13.5. The summed E-state index contributed by atoms with van der Waals surface area (Å²) >= 11 is 0. The molecular formula is C29H34N6O8. The van der Waals surface area contributed by atoms with E-state index >= 15 is 0 Å². The Kier molecular flexibility index (Phi) is 11.3. The Labute approximate surface area is 246 Å². The Balaban J connectivity index is 1.82. The molecule has 10 N–H and O–H groups in total. The van der Waals surface area contributed by atoms with Gasteiger partial charge in [-0.15, -0.1) is 0 Å². The topological polar surface area (TPSA) is 247 Å². The zero-order valence-electron chi connectivity index (χ0n) is 23.1. The Bertz CT molecular complexity index is 1470. The zero-order valence-corrected chi connectivity index (χ0v) is 23.1. The molecule has 4 amide bonds. The fourth-order valence-corrected chi connectivity index (χ4v) is 4.44. The van der Waals surface area contributed by atoms with Crippen molar-refractivity contribution in [3.8, 4) is 0 Å². The molecule has 14 nitrogen and oxygen atoms in total. The standard InChI is InChI=1S/C29H34N6O8/c30-19(12-16-6-2-1-3-7-16)26(39)34-22(13-17-15-32-20-9-5-4-8-18(17)20)27(40)35-23(14-25(37)38)28(41)33-21(29(42)43)10-11-24(31)36/h1-9,15,19,21-23,32H,10-14,30H2,(H2,31,36)(H,33,41)(H,34,39)(H,35,40)(H,37,38)(H,42,43). The number of benzene rings is 2. The number of carboxylic acid groups (broad SMARTS) is 2. The van der Waals surface area contributed by atoms with Crippen LogP contribution in [0.25, 0.3) is 10.9 Å². The first-order valence-corrected chi connectivity index (χ1v) is 13.4. The van der Waals surface area contributed by atoms with E-state index in [-0.39, 0.29) is 25.7 Å². The highest BCUT2D eigenvalue weighted by Crippen LogP contribution is 2.19. The average Bonchev–Trinajstić information content (AvgIpc) is 3.37. The molecule has 4 unspecified atom stereocenters. The van der Waals surface area contributed by atoms with Gasteiger partial charge in [0.2, 0.25) is 23.6 Å². The second-order valence-electron chi connectivity index (χ2n) is 9.98. The van der Waals surface area contributed by atoms with Gasteiger partial charge in [-0.2, -0.15) is 0 Å². The van der Waals surface area contributed by atoms with E-state index in [1.807, 2.05) is 24.3 Å². The van der Waals surface area contributed by atoms with Gasteiger partial charge in [0, 0.05) is 29.9 Å². The summed E-state index contributed by atoms with van der Waals surface area (Å²) in [4.78, 5) is 76.9. The lowest BCUT2D eigenvalue weighted by atomic mass is 10.0. The second kappa shape index (κ2) is 15.1. The minimum absolute atomic E-state index is 0.0442. The van der Waals surface area contributed by atoms with E-state index in [9.17, 15) is 39.0 Å². The number of para-hydroxylation sites is 1. The molecule has 0 spiro atoms. The van der Waals surface area contributed by atoms with Crippen LogP contribution in [-0.4, -0.2) is 74.9 Å². The largest absolute Gasteiger partial charge is 0.481 e. The predicted octanol–water partition coefficient (Wildman–Crippen LogP) is -0.440. The number of carboxylic acids is 2. The number of fused-ring (bicyclic) bond motifs is 1. The Morgan fingerprint density at radius 3 is 2.02 bits per heavy atom. The van der Waals surface area contributed by atoms with Crippen molar-refractivity contribution < 1.29 is 39.0 Å². The third-order valence-corrected chi connectivity index (χ3v) is 6.67. The quantitative estimate of drug-likeness (QED) is 0.107. The van der Waals surface area contributed by atoms with Gasteiger partial charge < -0.3 is 42.6 Å². The van der Waals surface area contributed by atoms with E-state index in [4.69, 9.17) is 11.5 Å². The van der Waals surface area contributed by atoms with Gasteiger partial charge in [-0.05, 0) is 30.0 Å². The summed E-state index contributed by atoms with van der Waals surface area (Å²) in [6.07, 6.45) is 0.217. The van der Waals surface area contributed by atoms with E-state index in [2.05, 4.69) is 20.9 Å². The van der Waals surface area contributed by atoms with Crippen LogP contribution >= 0.6 is 0 Å². The minimum atomic E-state index is -1.71. The van der Waals surface area contributed by atoms with Crippen molar-refractivity contribution in [2.24, 2.45) is 11.5 Å². The van der Waals surface area contributed by atoms with Gasteiger partial charge in [-0.3, -0.25) is 24.0 Å². The third kappa shape index (κ3) is 9.67. The van der Waals surface area contributed by atoms with Crippen LogP contribution < -0.4 is 27.4 Å². The fraction of sp³-hybridized carbons (Fsp3) is 0.310. The number of rotatable bonds is 16. The van der Waals surface area contributed by atoms with Gasteiger partial charge in [0.05, 0.1) is 12.5 Å². The molecule has 0 aliphatic carbocycles. The van der Waals surface area contributed by atoms with Gasteiger partial charge in [-0.1, -0.05) is 48.5 Å². The predicted molar refractivity (Wildman–Crippen MR) is 154 cm³/mol. The van der Waals surface area contributed by atoms with Crippen molar-refractivity contribution in [2.75, 3.05) is 0 Å². The molecule has 2 aromatic carbocycles. The van der Waals surface area contributed by atoms with Crippen LogP contribution in [0.2, 0.25) is 0 Å². The number of carbonyl (C=O) groups is 6. The van der Waals surface area contributed by atoms with Crippen LogP contribution in [0.15, 0.2) is 60.8 Å². The van der Waals surface area contributed by atoms with Crippen LogP contribution in [0, 0.1) is 0 Å². The molecule has 0 bridgehead atoms. The lowest BCUT2D eigenvalue weighted by Crippen LogP contribution is -2.58. The van der Waals surface area contributed by atoms with E-state index in [0.717, 1.165) is 16.5 Å². The summed E-state index contributed by atoms with van der Waals surface area (Å²) in [5.74, 6) is -6.38. The number of aliphatic carboxylic acids is 2. The number of aromatic nitrogens is 1. The van der Waals surface area contributed by atoms with E-state index in [1.54, 1.807) is 36.5 Å². The molecule has 3 rings (SSSR count). The molecule has 14 heteroatoms. The number of primary amides is 1. The number of carbonyl (C=O) groups excluding carboxylic acids is 4. The molecule has 0 radical (unpaired) electrons. The van der Waals surface area contributed by atoms with Gasteiger partial charge in [0.1, 0.15) is 18.1 Å². The Hall–Kier alpha value is -5.24. The molecule has 43 heavy (non-hydrogen) atoms. The highest BCUT2D eigenvalue weighted by molar-refractivity contribution is 5.96. The van der Waals surface area contributed by atoms with E-state index < -0.39 is 66.2 Å². The number of aromatic amines is 1. The number of hydrogen-bond donors (Lipinski definition) is 8. The van der Waals surface area contributed by atoms with E-state index in [1.165, 1.54) is 0 Å². The molecule has 0 aliphatic heterocycles. The summed E-state index contributed by atoms with van der Waals surface area (Å²) in [7, 11) is 0. The first-order valence-electron chi connectivity index (χ1n) is 13.4. The van der Waals surface area contributed by atoms with Crippen molar-refractivity contribution in [3.05, 3.63) is 71.9 Å². The summed E-state index contributed by atoms with van der Waals surface area (Å²) in [6, 6.07) is 10.7. The molecule has 228 valence electrons. The minimum Gasteiger partial charge on any atom is -0.481 e. The maximum atomic E-state index is 13.5. The maximum Gasteiger partial charge on any atom is 0.326 e. The number of nitrogens with two attached hydrogens (primary N) is 2. The van der Waals surface area contributed by atoms with Crippen molar-refractivity contribution in [2.45, 2.75) is 56.3 Å². The number of nitrogens with one attached hydrogen (secondary N) is 4. The number of hydrogen-bond acceptors (Lipinski definition) is 7. The van der Waals surface area contributed by atoms with Crippen molar-refractivity contribution in [1.29, 1.82) is 0 Å². The molecule has 0 fully saturated rings. The monoisotopic (exact) mass is 594 g/mol. The van der Waals surface area contributed by atoms with Crippen LogP contribution in [0.4, 0.5) is 0 Å². The average molecular weight is 595 g/mol. The lowest BCUT2D eigenvalue weighted by Gasteiger charge is -2.24. The highest BCUT2D eigenvalue weighted by Gasteiger charge is 2.32. The third-order valence-electron chi connectivity index (χ3n) is 6.67. The molecule has 0 aliphatic rings. The Morgan fingerprint density at radius 1 is 0.767 bits per heavy atom. The van der Waals surface area contributed by atoms with Crippen molar-refractivity contribution in [3.63, 3.8) is 0 Å². The van der Waals surface area contributed by atoms with E-state index in [0.29, 0.717) is 5.56 Å². The first-order chi connectivity index (χ1) is 20.4. The van der Waals surface area contributed by atoms with Gasteiger partial charge >= 0.3 is 11.9 Å². The summed E-state index contributed by atoms with van der Waals surface area (Å²) in [6.45, 7) is 0. The van der Waals surface area contributed by atoms with Crippen molar-refractivity contribution >= 4 is 46.5 Å². The smallest absolute Gasteiger partial charge is 0.326 e.